The smallest absolute Gasteiger partial charge is 0.416 e. The Bertz CT molecular complexity index is 799. The van der Waals surface area contributed by atoms with Crippen molar-refractivity contribution in [2.75, 3.05) is 0 Å². The Kier molecular flexibility index (Phi) is 4.67. The molecule has 0 aromatic heterocycles. The van der Waals surface area contributed by atoms with Crippen molar-refractivity contribution in [2.24, 2.45) is 23.7 Å². The second kappa shape index (κ2) is 6.82. The van der Waals surface area contributed by atoms with Crippen LogP contribution >= 0.6 is 0 Å². The van der Waals surface area contributed by atoms with Gasteiger partial charge in [0.05, 0.1) is 5.56 Å². The second-order valence-electron chi connectivity index (χ2n) is 9.41. The predicted molar refractivity (Wildman–Crippen MR) is 98.9 cm³/mol. The molecule has 5 nitrogen and oxygen atoms in total. The van der Waals surface area contributed by atoms with Crippen LogP contribution in [0.25, 0.3) is 0 Å². The molecule has 0 radical (unpaired) electrons. The monoisotopic (exact) mass is 428 g/mol. The Morgan fingerprint density at radius 3 is 2.43 bits per heavy atom. The topological polar surface area (TPSA) is 46.2 Å². The van der Waals surface area contributed by atoms with E-state index < -0.39 is 35.7 Å². The minimum atomic E-state index is -4.38. The summed E-state index contributed by atoms with van der Waals surface area (Å²) < 4.78 is 57.1. The number of benzene rings is 1. The molecule has 1 unspecified atom stereocenters. The molecule has 1 spiro atoms. The first kappa shape index (κ1) is 20.5. The Morgan fingerprint density at radius 2 is 1.73 bits per heavy atom. The molecule has 5 aliphatic rings. The van der Waals surface area contributed by atoms with Crippen LogP contribution in [0, 0.1) is 23.7 Å². The lowest BCUT2D eigenvalue weighted by Crippen LogP contribution is -2.70. The average Bonchev–Trinajstić information content (AvgIpc) is 2.92. The van der Waals surface area contributed by atoms with Crippen LogP contribution in [-0.4, -0.2) is 24.0 Å². The summed E-state index contributed by atoms with van der Waals surface area (Å²) in [5.74, 6) is 0.211. The molecule has 0 N–H and O–H groups in total. The standard InChI is InChI=1S/C22H27F3O5/c1-12-4-9-17-13(2)18(26-15-7-5-14(6-8-15)22(23,24)25)27-19-21(17)16(12)10-11-20(3,28-19)29-30-21/h5-8,12-13,16-19H,4,9-11H2,1-3H3/t12-,13-,16+,17+,18?,19-,20+,21-/m1/s1. The maximum atomic E-state index is 12.8. The van der Waals surface area contributed by atoms with E-state index in [9.17, 15) is 13.2 Å². The Labute approximate surface area is 173 Å². The summed E-state index contributed by atoms with van der Waals surface area (Å²) in [6, 6.07) is 4.70. The number of alkyl halides is 3. The number of fused-ring (bicyclic) bond motifs is 2. The van der Waals surface area contributed by atoms with Gasteiger partial charge < -0.3 is 14.2 Å². The van der Waals surface area contributed by atoms with Crippen LogP contribution in [0.4, 0.5) is 13.2 Å². The molecule has 5 fully saturated rings. The third-order valence-corrected chi connectivity index (χ3v) is 7.53. The summed E-state index contributed by atoms with van der Waals surface area (Å²) in [6.07, 6.45) is -2.03. The number of rotatable bonds is 2. The molecule has 1 aromatic carbocycles. The van der Waals surface area contributed by atoms with Crippen LogP contribution in [0.1, 0.15) is 52.0 Å². The molecule has 6 rings (SSSR count). The fourth-order valence-electron chi connectivity index (χ4n) is 5.86. The van der Waals surface area contributed by atoms with E-state index in [0.717, 1.165) is 37.8 Å². The highest BCUT2D eigenvalue weighted by Crippen LogP contribution is 2.60. The van der Waals surface area contributed by atoms with Gasteiger partial charge in [-0.3, -0.25) is 0 Å². The van der Waals surface area contributed by atoms with Gasteiger partial charge in [-0.2, -0.15) is 13.2 Å². The Hall–Kier alpha value is -1.35. The van der Waals surface area contributed by atoms with Crippen LogP contribution in [0.3, 0.4) is 0 Å². The molecular weight excluding hydrogens is 401 g/mol. The van der Waals surface area contributed by atoms with E-state index in [1.54, 1.807) is 0 Å². The fourth-order valence-corrected chi connectivity index (χ4v) is 5.86. The molecule has 1 saturated carbocycles. The highest BCUT2D eigenvalue weighted by Gasteiger charge is 2.69. The van der Waals surface area contributed by atoms with Crippen molar-refractivity contribution in [2.45, 2.75) is 76.6 Å². The highest BCUT2D eigenvalue weighted by atomic mass is 19.4. The number of hydrogen-bond acceptors (Lipinski definition) is 5. The summed E-state index contributed by atoms with van der Waals surface area (Å²) >= 11 is 0. The summed E-state index contributed by atoms with van der Waals surface area (Å²) in [5.41, 5.74) is -1.40. The van der Waals surface area contributed by atoms with Gasteiger partial charge in [0.1, 0.15) is 5.75 Å². The quantitative estimate of drug-likeness (QED) is 0.599. The van der Waals surface area contributed by atoms with Gasteiger partial charge in [-0.05, 0) is 62.3 Å². The van der Waals surface area contributed by atoms with Gasteiger partial charge in [0.15, 0.2) is 11.9 Å². The van der Waals surface area contributed by atoms with E-state index in [-0.39, 0.29) is 17.8 Å². The number of hydrogen-bond donors (Lipinski definition) is 0. The molecule has 4 aliphatic heterocycles. The molecule has 166 valence electrons. The van der Waals surface area contributed by atoms with Gasteiger partial charge in [-0.15, -0.1) is 0 Å². The van der Waals surface area contributed by atoms with Crippen molar-refractivity contribution in [1.29, 1.82) is 0 Å². The van der Waals surface area contributed by atoms with Crippen LogP contribution in [0.2, 0.25) is 0 Å². The van der Waals surface area contributed by atoms with E-state index in [4.69, 9.17) is 24.0 Å². The van der Waals surface area contributed by atoms with Crippen LogP contribution in [-0.2, 0) is 25.4 Å². The van der Waals surface area contributed by atoms with E-state index in [0.29, 0.717) is 11.7 Å². The van der Waals surface area contributed by atoms with Gasteiger partial charge in [-0.25, -0.2) is 9.78 Å². The molecule has 0 amide bonds. The number of halogens is 3. The summed E-state index contributed by atoms with van der Waals surface area (Å²) in [5, 5.41) is 0. The van der Waals surface area contributed by atoms with Gasteiger partial charge >= 0.3 is 6.18 Å². The molecule has 1 aliphatic carbocycles. The van der Waals surface area contributed by atoms with Crippen molar-refractivity contribution >= 4 is 0 Å². The van der Waals surface area contributed by atoms with Crippen LogP contribution in [0.15, 0.2) is 24.3 Å². The summed E-state index contributed by atoms with van der Waals surface area (Å²) in [6.45, 7) is 6.13. The lowest BCUT2D eigenvalue weighted by atomic mass is 9.58. The normalized spacial score (nSPS) is 45.5. The van der Waals surface area contributed by atoms with Crippen molar-refractivity contribution < 1.29 is 37.2 Å². The maximum Gasteiger partial charge on any atom is 0.416 e. The SMILES string of the molecule is C[C@@H]1CC[C@H]2[C@@H](C)C(Oc3ccc(C(F)(F)F)cc3)O[C@@H]3O[C@]4(C)CC[C@@H]1[C@]32OO4. The van der Waals surface area contributed by atoms with Crippen LogP contribution < -0.4 is 4.74 Å². The first-order valence-corrected chi connectivity index (χ1v) is 10.7. The van der Waals surface area contributed by atoms with Crippen LogP contribution in [0.5, 0.6) is 5.75 Å². The van der Waals surface area contributed by atoms with E-state index in [1.165, 1.54) is 12.1 Å². The molecule has 30 heavy (non-hydrogen) atoms. The van der Waals surface area contributed by atoms with Gasteiger partial charge in [0.25, 0.3) is 0 Å². The van der Waals surface area contributed by atoms with Crippen molar-refractivity contribution in [3.8, 4) is 5.75 Å². The summed E-state index contributed by atoms with van der Waals surface area (Å²) in [7, 11) is 0. The lowest BCUT2D eigenvalue weighted by molar-refractivity contribution is -0.575. The minimum absolute atomic E-state index is 0.0480. The molecule has 8 atom stereocenters. The minimum Gasteiger partial charge on any atom is -0.465 e. The molecule has 4 heterocycles. The van der Waals surface area contributed by atoms with Crippen molar-refractivity contribution in [1.82, 2.24) is 0 Å². The maximum absolute atomic E-state index is 12.8. The zero-order chi connectivity index (χ0) is 21.3. The van der Waals surface area contributed by atoms with E-state index in [1.807, 2.05) is 13.8 Å². The fraction of sp³-hybridized carbons (Fsp3) is 0.727. The first-order chi connectivity index (χ1) is 14.1. The zero-order valence-corrected chi connectivity index (χ0v) is 17.3. The second-order valence-corrected chi connectivity index (χ2v) is 9.41. The zero-order valence-electron chi connectivity index (χ0n) is 17.3. The Morgan fingerprint density at radius 1 is 1.00 bits per heavy atom. The van der Waals surface area contributed by atoms with Gasteiger partial charge in [-0.1, -0.05) is 13.8 Å². The van der Waals surface area contributed by atoms with E-state index in [2.05, 4.69) is 6.92 Å². The predicted octanol–water partition coefficient (Wildman–Crippen LogP) is 5.29. The third-order valence-electron chi connectivity index (χ3n) is 7.53. The molecule has 4 saturated heterocycles. The summed E-state index contributed by atoms with van der Waals surface area (Å²) in [4.78, 5) is 11.9. The average molecular weight is 428 g/mol. The molecule has 2 bridgehead atoms. The van der Waals surface area contributed by atoms with Crippen molar-refractivity contribution in [3.05, 3.63) is 29.8 Å². The van der Waals surface area contributed by atoms with Gasteiger partial charge in [0, 0.05) is 18.3 Å². The van der Waals surface area contributed by atoms with Gasteiger partial charge in [0.2, 0.25) is 12.1 Å². The largest absolute Gasteiger partial charge is 0.465 e. The van der Waals surface area contributed by atoms with Crippen molar-refractivity contribution in [3.63, 3.8) is 0 Å². The lowest BCUT2D eigenvalue weighted by Gasteiger charge is -2.60. The Balaban J connectivity index is 1.43. The first-order valence-electron chi connectivity index (χ1n) is 10.7. The number of ether oxygens (including phenoxy) is 3. The molecule has 8 heteroatoms. The molecular formula is C22H27F3O5. The third kappa shape index (κ3) is 3.06. The highest BCUT2D eigenvalue weighted by molar-refractivity contribution is 5.29. The van der Waals surface area contributed by atoms with E-state index >= 15 is 0 Å². The molecule has 1 aromatic rings.